The van der Waals surface area contributed by atoms with Crippen LogP contribution in [0.1, 0.15) is 126 Å². The molecule has 2 rings (SSSR count). The second-order valence-electron chi connectivity index (χ2n) is 9.23. The maximum Gasteiger partial charge on any atom is 0.207 e. The van der Waals surface area contributed by atoms with Crippen molar-refractivity contribution < 1.29 is 19.4 Å². The van der Waals surface area contributed by atoms with Gasteiger partial charge >= 0.3 is 0 Å². The molecule has 0 amide bonds. The van der Waals surface area contributed by atoms with Crippen LogP contribution in [0.15, 0.2) is 21.3 Å². The fourth-order valence-electron chi connectivity index (χ4n) is 4.40. The standard InChI is InChI=1S/C28H42O5/c1-3-5-7-9-11-13-15-17-22(30)26-24(18-16-14-12-10-8-6-4-2)33-25-20-21(29)19-23(31)27(25)28(26)32/h19-20,29,31H,3-18H2,1-2H3. The molecule has 0 aliphatic rings. The summed E-state index contributed by atoms with van der Waals surface area (Å²) in [5.74, 6) is -0.345. The van der Waals surface area contributed by atoms with E-state index in [0.717, 1.165) is 44.6 Å². The lowest BCUT2D eigenvalue weighted by Crippen LogP contribution is -2.19. The number of ketones is 1. The van der Waals surface area contributed by atoms with E-state index in [4.69, 9.17) is 4.42 Å². The molecule has 5 nitrogen and oxygen atoms in total. The topological polar surface area (TPSA) is 87.7 Å². The molecular weight excluding hydrogens is 416 g/mol. The van der Waals surface area contributed by atoms with Gasteiger partial charge in [-0.3, -0.25) is 9.59 Å². The van der Waals surface area contributed by atoms with Gasteiger partial charge < -0.3 is 14.6 Å². The van der Waals surface area contributed by atoms with Gasteiger partial charge in [-0.05, 0) is 12.8 Å². The molecule has 0 fully saturated rings. The van der Waals surface area contributed by atoms with E-state index in [1.54, 1.807) is 0 Å². The van der Waals surface area contributed by atoms with Gasteiger partial charge in [0, 0.05) is 25.0 Å². The largest absolute Gasteiger partial charge is 0.508 e. The fourth-order valence-corrected chi connectivity index (χ4v) is 4.40. The van der Waals surface area contributed by atoms with Crippen LogP contribution in [0.4, 0.5) is 0 Å². The number of fused-ring (bicyclic) bond motifs is 1. The Kier molecular flexibility index (Phi) is 12.1. The number of hydrogen-bond donors (Lipinski definition) is 2. The van der Waals surface area contributed by atoms with Crippen LogP contribution >= 0.6 is 0 Å². The van der Waals surface area contributed by atoms with Gasteiger partial charge in [0.15, 0.2) is 5.78 Å². The summed E-state index contributed by atoms with van der Waals surface area (Å²) in [6, 6.07) is 2.44. The molecule has 0 saturated heterocycles. The zero-order valence-electron chi connectivity index (χ0n) is 20.6. The van der Waals surface area contributed by atoms with Crippen LogP contribution in [-0.2, 0) is 6.42 Å². The molecule has 1 aromatic heterocycles. The highest BCUT2D eigenvalue weighted by Gasteiger charge is 2.22. The summed E-state index contributed by atoms with van der Waals surface area (Å²) < 4.78 is 5.93. The highest BCUT2D eigenvalue weighted by molar-refractivity contribution is 6.00. The average molecular weight is 459 g/mol. The zero-order valence-corrected chi connectivity index (χ0v) is 20.6. The van der Waals surface area contributed by atoms with Gasteiger partial charge in [0.05, 0.1) is 0 Å². The number of rotatable bonds is 17. The Hall–Kier alpha value is -2.30. The SMILES string of the molecule is CCCCCCCCCC(=O)c1c(CCCCCCCCC)oc2cc(O)cc(O)c2c1=O. The molecule has 0 spiro atoms. The third-order valence-electron chi connectivity index (χ3n) is 6.33. The third kappa shape index (κ3) is 8.53. The number of aromatic hydroxyl groups is 2. The fraction of sp³-hybridized carbons (Fsp3) is 0.643. The number of benzene rings is 1. The lowest BCUT2D eigenvalue weighted by Gasteiger charge is -2.11. The van der Waals surface area contributed by atoms with Crippen LogP contribution in [0.5, 0.6) is 11.5 Å². The molecule has 33 heavy (non-hydrogen) atoms. The first kappa shape index (κ1) is 26.9. The van der Waals surface area contributed by atoms with Crippen molar-refractivity contribution in [1.82, 2.24) is 0 Å². The van der Waals surface area contributed by atoms with Crippen molar-refractivity contribution in [2.75, 3.05) is 0 Å². The van der Waals surface area contributed by atoms with E-state index in [-0.39, 0.29) is 33.8 Å². The number of carbonyl (C=O) groups excluding carboxylic acids is 1. The molecular formula is C28H42O5. The monoisotopic (exact) mass is 458 g/mol. The number of hydrogen-bond acceptors (Lipinski definition) is 5. The summed E-state index contributed by atoms with van der Waals surface area (Å²) in [6.45, 7) is 4.39. The molecule has 5 heteroatoms. The van der Waals surface area contributed by atoms with Crippen molar-refractivity contribution in [2.45, 2.75) is 117 Å². The number of phenolic OH excluding ortho intramolecular Hbond substituents is 2. The second kappa shape index (κ2) is 14.8. The van der Waals surface area contributed by atoms with Gasteiger partial charge in [-0.15, -0.1) is 0 Å². The molecule has 0 aliphatic carbocycles. The third-order valence-corrected chi connectivity index (χ3v) is 6.33. The van der Waals surface area contributed by atoms with Gasteiger partial charge in [-0.2, -0.15) is 0 Å². The van der Waals surface area contributed by atoms with Gasteiger partial charge in [0.1, 0.15) is 33.8 Å². The van der Waals surface area contributed by atoms with Crippen molar-refractivity contribution in [3.8, 4) is 11.5 Å². The number of phenols is 2. The summed E-state index contributed by atoms with van der Waals surface area (Å²) in [4.78, 5) is 26.3. The summed E-state index contributed by atoms with van der Waals surface area (Å²) in [5.41, 5.74) is -0.275. The van der Waals surface area contributed by atoms with E-state index >= 15 is 0 Å². The van der Waals surface area contributed by atoms with E-state index in [0.29, 0.717) is 18.6 Å². The van der Waals surface area contributed by atoms with E-state index in [9.17, 15) is 19.8 Å². The van der Waals surface area contributed by atoms with E-state index in [1.165, 1.54) is 57.4 Å². The molecule has 1 aromatic carbocycles. The minimum atomic E-state index is -0.486. The van der Waals surface area contributed by atoms with E-state index < -0.39 is 5.43 Å². The van der Waals surface area contributed by atoms with Gasteiger partial charge in [0.2, 0.25) is 5.43 Å². The Balaban J connectivity index is 2.12. The molecule has 2 N–H and O–H groups in total. The van der Waals surface area contributed by atoms with Crippen LogP contribution in [0.2, 0.25) is 0 Å². The first-order valence-electron chi connectivity index (χ1n) is 13.0. The lowest BCUT2D eigenvalue weighted by molar-refractivity contribution is 0.0974. The number of carbonyl (C=O) groups is 1. The lowest BCUT2D eigenvalue weighted by atomic mass is 9.98. The molecule has 0 atom stereocenters. The molecule has 0 bridgehead atoms. The van der Waals surface area contributed by atoms with E-state index in [1.807, 2.05) is 0 Å². The minimum absolute atomic E-state index is 0.0287. The zero-order chi connectivity index (χ0) is 24.1. The molecule has 1 heterocycles. The van der Waals surface area contributed by atoms with Crippen LogP contribution in [0.3, 0.4) is 0 Å². The highest BCUT2D eigenvalue weighted by Crippen LogP contribution is 2.30. The Morgan fingerprint density at radius 1 is 0.788 bits per heavy atom. The minimum Gasteiger partial charge on any atom is -0.508 e. The van der Waals surface area contributed by atoms with Crippen molar-refractivity contribution in [3.05, 3.63) is 33.7 Å². The van der Waals surface area contributed by atoms with E-state index in [2.05, 4.69) is 13.8 Å². The van der Waals surface area contributed by atoms with Crippen molar-refractivity contribution in [2.24, 2.45) is 0 Å². The molecule has 184 valence electrons. The van der Waals surface area contributed by atoms with Gasteiger partial charge in [-0.1, -0.05) is 90.9 Å². The van der Waals surface area contributed by atoms with Crippen LogP contribution in [0, 0.1) is 0 Å². The highest BCUT2D eigenvalue weighted by atomic mass is 16.3. The summed E-state index contributed by atoms with van der Waals surface area (Å²) in [5, 5.41) is 20.0. The average Bonchev–Trinajstić information content (AvgIpc) is 2.77. The molecule has 0 radical (unpaired) electrons. The Morgan fingerprint density at radius 3 is 1.94 bits per heavy atom. The summed E-state index contributed by atoms with van der Waals surface area (Å²) >= 11 is 0. The maximum absolute atomic E-state index is 13.2. The number of Topliss-reactive ketones (excluding diaryl/α,β-unsaturated/α-hetero) is 1. The molecule has 2 aromatic rings. The quantitative estimate of drug-likeness (QED) is 0.186. The van der Waals surface area contributed by atoms with Crippen molar-refractivity contribution >= 4 is 16.8 Å². The van der Waals surface area contributed by atoms with Gasteiger partial charge in [-0.25, -0.2) is 0 Å². The Morgan fingerprint density at radius 2 is 1.33 bits per heavy atom. The van der Waals surface area contributed by atoms with Crippen molar-refractivity contribution in [3.63, 3.8) is 0 Å². The Bertz CT molecular complexity index is 928. The molecule has 0 aliphatic heterocycles. The summed E-state index contributed by atoms with van der Waals surface area (Å²) in [6.07, 6.45) is 16.4. The smallest absolute Gasteiger partial charge is 0.207 e. The maximum atomic E-state index is 13.2. The van der Waals surface area contributed by atoms with Crippen LogP contribution in [-0.4, -0.2) is 16.0 Å². The van der Waals surface area contributed by atoms with Crippen LogP contribution in [0.25, 0.3) is 11.0 Å². The number of aryl methyl sites for hydroxylation is 1. The molecule has 0 saturated carbocycles. The first-order valence-corrected chi connectivity index (χ1v) is 13.0. The van der Waals surface area contributed by atoms with Crippen LogP contribution < -0.4 is 5.43 Å². The summed E-state index contributed by atoms with van der Waals surface area (Å²) in [7, 11) is 0. The Labute approximate surface area is 198 Å². The predicted molar refractivity (Wildman–Crippen MR) is 134 cm³/mol. The first-order chi connectivity index (χ1) is 16.0. The molecule has 0 unspecified atom stereocenters. The normalized spacial score (nSPS) is 11.3. The number of unbranched alkanes of at least 4 members (excludes halogenated alkanes) is 12. The van der Waals surface area contributed by atoms with Crippen molar-refractivity contribution in [1.29, 1.82) is 0 Å². The second-order valence-corrected chi connectivity index (χ2v) is 9.23. The predicted octanol–water partition coefficient (Wildman–Crippen LogP) is 7.82. The van der Waals surface area contributed by atoms with Gasteiger partial charge in [0.25, 0.3) is 0 Å².